The van der Waals surface area contributed by atoms with Crippen LogP contribution < -0.4 is 0 Å². The molecule has 58 valence electrons. The molecular weight excluding hydrogens is 188 g/mol. The van der Waals surface area contributed by atoms with Crippen molar-refractivity contribution in [3.8, 4) is 0 Å². The summed E-state index contributed by atoms with van der Waals surface area (Å²) >= 11 is 3.36. The lowest BCUT2D eigenvalue weighted by Gasteiger charge is -1.88. The highest BCUT2D eigenvalue weighted by molar-refractivity contribution is 7.20. The van der Waals surface area contributed by atoms with E-state index in [-0.39, 0.29) is 0 Å². The molecule has 0 bridgehead atoms. The lowest BCUT2D eigenvalue weighted by atomic mass is 10.3. The molecule has 12 heavy (non-hydrogen) atoms. The van der Waals surface area contributed by atoms with Gasteiger partial charge in [0, 0.05) is 5.39 Å². The lowest BCUT2D eigenvalue weighted by molar-refractivity contribution is 1.14. The van der Waals surface area contributed by atoms with E-state index in [0.29, 0.717) is 0 Å². The molecule has 0 spiro atoms. The van der Waals surface area contributed by atoms with Gasteiger partial charge in [-0.25, -0.2) is 0 Å². The largest absolute Gasteiger partial charge is 0.148 e. The van der Waals surface area contributed by atoms with E-state index >= 15 is 0 Å². The number of hydrogen-bond acceptors (Lipinski definition) is 4. The predicted molar refractivity (Wildman–Crippen MR) is 52.8 cm³/mol. The molecule has 0 aromatic carbocycles. The fourth-order valence-corrected chi connectivity index (χ4v) is 2.87. The van der Waals surface area contributed by atoms with E-state index in [1.807, 2.05) is 6.07 Å². The zero-order valence-electron chi connectivity index (χ0n) is 6.02. The van der Waals surface area contributed by atoms with Crippen molar-refractivity contribution in [2.45, 2.75) is 0 Å². The third kappa shape index (κ3) is 0.735. The minimum Gasteiger partial charge on any atom is -0.148 e. The van der Waals surface area contributed by atoms with Gasteiger partial charge < -0.3 is 0 Å². The van der Waals surface area contributed by atoms with E-state index in [9.17, 15) is 0 Å². The van der Waals surface area contributed by atoms with Gasteiger partial charge in [0.15, 0.2) is 0 Å². The van der Waals surface area contributed by atoms with Crippen LogP contribution in [0.2, 0.25) is 0 Å². The van der Waals surface area contributed by atoms with Gasteiger partial charge in [-0.1, -0.05) is 0 Å². The molecule has 2 nitrogen and oxygen atoms in total. The van der Waals surface area contributed by atoms with Crippen molar-refractivity contribution in [2.75, 3.05) is 0 Å². The van der Waals surface area contributed by atoms with Crippen LogP contribution in [-0.4, -0.2) is 10.2 Å². The molecule has 3 heterocycles. The highest BCUT2D eigenvalue weighted by Crippen LogP contribution is 2.29. The standard InChI is InChI=1S/C8H4N2S2/c1-3-12-8-5(1)7-6(9-10-8)2-4-11-7/h1-4H. The zero-order valence-corrected chi connectivity index (χ0v) is 7.65. The molecule has 0 N–H and O–H groups in total. The monoisotopic (exact) mass is 192 g/mol. The average Bonchev–Trinajstić information content (AvgIpc) is 2.71. The van der Waals surface area contributed by atoms with Crippen LogP contribution >= 0.6 is 22.7 Å². The van der Waals surface area contributed by atoms with Crippen LogP contribution in [0.25, 0.3) is 20.4 Å². The van der Waals surface area contributed by atoms with Crippen LogP contribution in [0.5, 0.6) is 0 Å². The first kappa shape index (κ1) is 6.51. The van der Waals surface area contributed by atoms with Gasteiger partial charge >= 0.3 is 0 Å². The quantitative estimate of drug-likeness (QED) is 0.547. The van der Waals surface area contributed by atoms with Crippen LogP contribution in [0.15, 0.2) is 22.9 Å². The number of hydrogen-bond donors (Lipinski definition) is 0. The van der Waals surface area contributed by atoms with Crippen LogP contribution in [0, 0.1) is 0 Å². The fourth-order valence-electron chi connectivity index (χ4n) is 1.23. The second-order valence-corrected chi connectivity index (χ2v) is 4.29. The van der Waals surface area contributed by atoms with Crippen LogP contribution in [-0.2, 0) is 0 Å². The summed E-state index contributed by atoms with van der Waals surface area (Å²) in [6.45, 7) is 0. The summed E-state index contributed by atoms with van der Waals surface area (Å²) in [5, 5.41) is 13.6. The second kappa shape index (κ2) is 2.24. The maximum atomic E-state index is 4.12. The maximum Gasteiger partial charge on any atom is 0.147 e. The summed E-state index contributed by atoms with van der Waals surface area (Å²) in [5.41, 5.74) is 1.01. The molecule has 0 saturated carbocycles. The zero-order chi connectivity index (χ0) is 7.97. The highest BCUT2D eigenvalue weighted by Gasteiger charge is 2.03. The van der Waals surface area contributed by atoms with Crippen LogP contribution in [0.4, 0.5) is 0 Å². The van der Waals surface area contributed by atoms with E-state index in [4.69, 9.17) is 0 Å². The summed E-state index contributed by atoms with van der Waals surface area (Å²) < 4.78 is 1.25. The van der Waals surface area contributed by atoms with Gasteiger partial charge in [-0.05, 0) is 22.9 Å². The van der Waals surface area contributed by atoms with Gasteiger partial charge in [-0.2, -0.15) is 0 Å². The Morgan fingerprint density at radius 1 is 1.00 bits per heavy atom. The number of thiophene rings is 2. The van der Waals surface area contributed by atoms with Crippen molar-refractivity contribution in [1.29, 1.82) is 0 Å². The smallest absolute Gasteiger partial charge is 0.147 e. The Bertz CT molecular complexity index is 488. The van der Waals surface area contributed by atoms with E-state index in [2.05, 4.69) is 27.0 Å². The molecule has 0 aliphatic heterocycles. The van der Waals surface area contributed by atoms with Gasteiger partial charge in [-0.15, -0.1) is 32.9 Å². The number of aromatic nitrogens is 2. The van der Waals surface area contributed by atoms with Gasteiger partial charge in [0.1, 0.15) is 10.3 Å². The Kier molecular flexibility index (Phi) is 1.22. The molecule has 0 amide bonds. The van der Waals surface area contributed by atoms with E-state index in [0.717, 1.165) is 10.3 Å². The molecule has 0 aliphatic carbocycles. The Morgan fingerprint density at radius 3 is 2.92 bits per heavy atom. The van der Waals surface area contributed by atoms with Crippen molar-refractivity contribution in [1.82, 2.24) is 10.2 Å². The molecule has 0 radical (unpaired) electrons. The molecule has 0 aliphatic rings. The molecular formula is C8H4N2S2. The Labute approximate surface area is 76.5 Å². The molecule has 0 atom stereocenters. The van der Waals surface area contributed by atoms with Crippen molar-refractivity contribution < 1.29 is 0 Å². The van der Waals surface area contributed by atoms with Gasteiger partial charge in [0.25, 0.3) is 0 Å². The molecule has 0 fully saturated rings. The Balaban J connectivity index is 2.71. The minimum absolute atomic E-state index is 1.01. The van der Waals surface area contributed by atoms with E-state index in [1.54, 1.807) is 22.7 Å². The number of nitrogens with zero attached hydrogens (tertiary/aromatic N) is 2. The SMILES string of the molecule is c1cc2c(nnc3ccsc32)s1. The molecule has 3 aromatic rings. The molecule has 3 aromatic heterocycles. The number of fused-ring (bicyclic) bond motifs is 3. The first-order valence-electron chi connectivity index (χ1n) is 3.52. The summed E-state index contributed by atoms with van der Waals surface area (Å²) in [7, 11) is 0. The highest BCUT2D eigenvalue weighted by atomic mass is 32.1. The predicted octanol–water partition coefficient (Wildman–Crippen LogP) is 2.91. The second-order valence-electron chi connectivity index (χ2n) is 2.47. The van der Waals surface area contributed by atoms with Crippen LogP contribution in [0.1, 0.15) is 0 Å². The first-order valence-corrected chi connectivity index (χ1v) is 5.28. The van der Waals surface area contributed by atoms with Crippen molar-refractivity contribution in [3.63, 3.8) is 0 Å². The third-order valence-corrected chi connectivity index (χ3v) is 3.52. The molecule has 4 heteroatoms. The van der Waals surface area contributed by atoms with Crippen molar-refractivity contribution in [3.05, 3.63) is 22.9 Å². The summed E-state index contributed by atoms with van der Waals surface area (Å²) in [6.07, 6.45) is 0. The first-order chi connectivity index (χ1) is 5.95. The fraction of sp³-hybridized carbons (Fsp3) is 0. The van der Waals surface area contributed by atoms with Gasteiger partial charge in [0.05, 0.1) is 4.70 Å². The minimum atomic E-state index is 1.01. The number of rotatable bonds is 0. The average molecular weight is 192 g/mol. The van der Waals surface area contributed by atoms with E-state index in [1.165, 1.54) is 10.1 Å². The Morgan fingerprint density at radius 2 is 1.92 bits per heavy atom. The summed E-state index contributed by atoms with van der Waals surface area (Å²) in [6, 6.07) is 4.11. The van der Waals surface area contributed by atoms with Gasteiger partial charge in [0.2, 0.25) is 0 Å². The summed E-state index contributed by atoms with van der Waals surface area (Å²) in [4.78, 5) is 1.03. The maximum absolute atomic E-state index is 4.12. The third-order valence-electron chi connectivity index (χ3n) is 1.78. The van der Waals surface area contributed by atoms with E-state index < -0.39 is 0 Å². The lowest BCUT2D eigenvalue weighted by Crippen LogP contribution is -1.78. The Hall–Kier alpha value is -1.000. The van der Waals surface area contributed by atoms with Crippen LogP contribution in [0.3, 0.4) is 0 Å². The molecule has 3 rings (SSSR count). The summed E-state index contributed by atoms with van der Waals surface area (Å²) in [5.74, 6) is 0. The molecule has 0 unspecified atom stereocenters. The van der Waals surface area contributed by atoms with Crippen molar-refractivity contribution in [2.24, 2.45) is 0 Å². The molecule has 0 saturated heterocycles. The normalized spacial score (nSPS) is 11.3. The van der Waals surface area contributed by atoms with Crippen molar-refractivity contribution >= 4 is 43.1 Å². The van der Waals surface area contributed by atoms with Gasteiger partial charge in [-0.3, -0.25) is 0 Å². The topological polar surface area (TPSA) is 25.8 Å².